The molecule has 1 N–H and O–H groups in total. The highest BCUT2D eigenvalue weighted by Gasteiger charge is 2.41. The molecule has 1 aliphatic carbocycles. The van der Waals surface area contributed by atoms with Crippen LogP contribution >= 0.6 is 11.6 Å². The number of anilines is 1. The summed E-state index contributed by atoms with van der Waals surface area (Å²) in [6, 6.07) is 6.83. The van der Waals surface area contributed by atoms with E-state index in [9.17, 15) is 13.2 Å². The first-order valence-corrected chi connectivity index (χ1v) is 6.81. The lowest BCUT2D eigenvalue weighted by Crippen LogP contribution is -2.32. The molecule has 1 aromatic rings. The van der Waals surface area contributed by atoms with Crippen LogP contribution in [0.4, 0.5) is 18.9 Å². The largest absolute Gasteiger partial charge is 0.391 e. The number of alkyl halides is 3. The molecule has 0 amide bonds. The molecule has 108 valence electrons. The van der Waals surface area contributed by atoms with E-state index in [1.807, 2.05) is 6.07 Å². The molecule has 0 radical (unpaired) electrons. The van der Waals surface area contributed by atoms with Crippen molar-refractivity contribution in [1.82, 2.24) is 0 Å². The van der Waals surface area contributed by atoms with Gasteiger partial charge in [-0.15, -0.1) is 0 Å². The summed E-state index contributed by atoms with van der Waals surface area (Å²) < 4.78 is 37.7. The van der Waals surface area contributed by atoms with E-state index >= 15 is 0 Å². The highest BCUT2D eigenvalue weighted by Crippen LogP contribution is 2.38. The Balaban J connectivity index is 1.98. The van der Waals surface area contributed by atoms with Gasteiger partial charge >= 0.3 is 6.18 Å². The number of halogens is 4. The van der Waals surface area contributed by atoms with E-state index in [4.69, 9.17) is 16.9 Å². The Bertz CT molecular complexity index is 514. The fourth-order valence-electron chi connectivity index (χ4n) is 2.49. The monoisotopic (exact) mass is 302 g/mol. The first kappa shape index (κ1) is 15.0. The van der Waals surface area contributed by atoms with E-state index in [1.54, 1.807) is 18.2 Å². The van der Waals surface area contributed by atoms with Crippen molar-refractivity contribution in [2.75, 3.05) is 5.32 Å². The van der Waals surface area contributed by atoms with Crippen molar-refractivity contribution in [1.29, 1.82) is 5.26 Å². The van der Waals surface area contributed by atoms with Gasteiger partial charge in [-0.05, 0) is 43.9 Å². The molecule has 2 nitrogen and oxygen atoms in total. The summed E-state index contributed by atoms with van der Waals surface area (Å²) in [6.45, 7) is 0. The van der Waals surface area contributed by atoms with Crippen molar-refractivity contribution in [3.05, 3.63) is 28.8 Å². The number of nitrogens with one attached hydrogen (secondary N) is 1. The molecule has 20 heavy (non-hydrogen) atoms. The third kappa shape index (κ3) is 3.57. The maximum absolute atomic E-state index is 12.6. The molecule has 0 unspecified atom stereocenters. The van der Waals surface area contributed by atoms with Crippen LogP contribution in [0, 0.1) is 17.2 Å². The van der Waals surface area contributed by atoms with Crippen LogP contribution < -0.4 is 5.32 Å². The molecule has 1 aromatic carbocycles. The number of nitriles is 1. The number of nitrogens with zero attached hydrogens (tertiary/aromatic N) is 1. The standard InChI is InChI=1S/C14H14ClF3N2/c15-12-6-1-9(8-19)7-13(12)20-11-4-2-10(3-5-11)14(16,17)18/h1,6-7,10-11,20H,2-5H2. The average molecular weight is 303 g/mol. The molecule has 0 aliphatic heterocycles. The van der Waals surface area contributed by atoms with Crippen molar-refractivity contribution < 1.29 is 13.2 Å². The third-order valence-corrected chi connectivity index (χ3v) is 3.97. The first-order valence-electron chi connectivity index (χ1n) is 6.43. The third-order valence-electron chi connectivity index (χ3n) is 3.65. The second kappa shape index (κ2) is 5.92. The van der Waals surface area contributed by atoms with Crippen LogP contribution in [0.2, 0.25) is 5.02 Å². The van der Waals surface area contributed by atoms with Gasteiger partial charge in [-0.2, -0.15) is 18.4 Å². The van der Waals surface area contributed by atoms with Gasteiger partial charge < -0.3 is 5.32 Å². The van der Waals surface area contributed by atoms with E-state index < -0.39 is 12.1 Å². The van der Waals surface area contributed by atoms with E-state index in [0.717, 1.165) is 0 Å². The molecule has 1 fully saturated rings. The molecule has 0 heterocycles. The van der Waals surface area contributed by atoms with Crippen molar-refractivity contribution in [3.63, 3.8) is 0 Å². The summed E-state index contributed by atoms with van der Waals surface area (Å²) >= 11 is 6.02. The molecule has 0 atom stereocenters. The number of hydrogen-bond donors (Lipinski definition) is 1. The van der Waals surface area contributed by atoms with E-state index in [-0.39, 0.29) is 18.9 Å². The van der Waals surface area contributed by atoms with Gasteiger partial charge in [-0.1, -0.05) is 11.6 Å². The summed E-state index contributed by atoms with van der Waals surface area (Å²) in [5.74, 6) is -1.19. The number of rotatable bonds is 2. The minimum Gasteiger partial charge on any atom is -0.381 e. The van der Waals surface area contributed by atoms with Crippen molar-refractivity contribution >= 4 is 17.3 Å². The summed E-state index contributed by atoms with van der Waals surface area (Å²) in [5, 5.41) is 12.5. The lowest BCUT2D eigenvalue weighted by Gasteiger charge is -2.31. The Hall–Kier alpha value is -1.41. The minimum atomic E-state index is -4.09. The summed E-state index contributed by atoms with van der Waals surface area (Å²) in [4.78, 5) is 0. The lowest BCUT2D eigenvalue weighted by atomic mass is 9.85. The molecular weight excluding hydrogens is 289 g/mol. The summed E-state index contributed by atoms with van der Waals surface area (Å²) in [7, 11) is 0. The zero-order chi connectivity index (χ0) is 14.8. The normalized spacial score (nSPS) is 23.1. The Morgan fingerprint density at radius 2 is 1.85 bits per heavy atom. The Kier molecular flexibility index (Phi) is 4.44. The van der Waals surface area contributed by atoms with Gasteiger partial charge in [0.25, 0.3) is 0 Å². The van der Waals surface area contributed by atoms with E-state index in [0.29, 0.717) is 29.1 Å². The fraction of sp³-hybridized carbons (Fsp3) is 0.500. The van der Waals surface area contributed by atoms with E-state index in [2.05, 4.69) is 5.32 Å². The molecule has 1 aliphatic rings. The van der Waals surface area contributed by atoms with Gasteiger partial charge in [0.1, 0.15) is 0 Å². The Morgan fingerprint density at radius 1 is 1.20 bits per heavy atom. The second-order valence-electron chi connectivity index (χ2n) is 5.04. The molecule has 2 rings (SSSR count). The van der Waals surface area contributed by atoms with Crippen LogP contribution in [0.1, 0.15) is 31.2 Å². The highest BCUT2D eigenvalue weighted by molar-refractivity contribution is 6.33. The van der Waals surface area contributed by atoms with Crippen molar-refractivity contribution in [3.8, 4) is 6.07 Å². The SMILES string of the molecule is N#Cc1ccc(Cl)c(NC2CCC(C(F)(F)F)CC2)c1. The van der Waals surface area contributed by atoms with Gasteiger partial charge in [0.15, 0.2) is 0 Å². The van der Waals surface area contributed by atoms with Crippen LogP contribution in [-0.4, -0.2) is 12.2 Å². The van der Waals surface area contributed by atoms with Crippen LogP contribution in [0.3, 0.4) is 0 Å². The highest BCUT2D eigenvalue weighted by atomic mass is 35.5. The zero-order valence-corrected chi connectivity index (χ0v) is 11.4. The second-order valence-corrected chi connectivity index (χ2v) is 5.45. The van der Waals surface area contributed by atoms with Crippen molar-refractivity contribution in [2.45, 2.75) is 37.9 Å². The van der Waals surface area contributed by atoms with Crippen LogP contribution in [0.25, 0.3) is 0 Å². The Morgan fingerprint density at radius 3 is 2.40 bits per heavy atom. The van der Waals surface area contributed by atoms with Gasteiger partial charge in [-0.25, -0.2) is 0 Å². The van der Waals surface area contributed by atoms with Crippen LogP contribution in [-0.2, 0) is 0 Å². The fourth-order valence-corrected chi connectivity index (χ4v) is 2.66. The molecule has 0 bridgehead atoms. The van der Waals surface area contributed by atoms with Crippen LogP contribution in [0.15, 0.2) is 18.2 Å². The molecule has 0 spiro atoms. The van der Waals surface area contributed by atoms with Gasteiger partial charge in [0.2, 0.25) is 0 Å². The smallest absolute Gasteiger partial charge is 0.381 e. The van der Waals surface area contributed by atoms with E-state index in [1.165, 1.54) is 0 Å². The first-order chi connectivity index (χ1) is 9.40. The number of benzene rings is 1. The molecule has 0 saturated heterocycles. The lowest BCUT2D eigenvalue weighted by molar-refractivity contribution is -0.182. The van der Waals surface area contributed by atoms with Crippen molar-refractivity contribution in [2.24, 2.45) is 5.92 Å². The predicted octanol–water partition coefficient (Wildman–Crippen LogP) is 4.74. The number of hydrogen-bond acceptors (Lipinski definition) is 2. The summed E-state index contributed by atoms with van der Waals surface area (Å²) in [5.41, 5.74) is 1.09. The maximum atomic E-state index is 12.6. The molecular formula is C14H14ClF3N2. The Labute approximate surface area is 120 Å². The summed E-state index contributed by atoms with van der Waals surface area (Å²) in [6.07, 6.45) is -2.91. The van der Waals surface area contributed by atoms with Gasteiger partial charge in [0.05, 0.1) is 28.3 Å². The maximum Gasteiger partial charge on any atom is 0.391 e. The topological polar surface area (TPSA) is 35.8 Å². The molecule has 0 aromatic heterocycles. The van der Waals surface area contributed by atoms with Crippen LogP contribution in [0.5, 0.6) is 0 Å². The molecule has 1 saturated carbocycles. The average Bonchev–Trinajstić information content (AvgIpc) is 2.41. The predicted molar refractivity (Wildman–Crippen MR) is 71.6 cm³/mol. The minimum absolute atomic E-state index is 0.0277. The van der Waals surface area contributed by atoms with Gasteiger partial charge in [-0.3, -0.25) is 0 Å². The molecule has 6 heteroatoms. The van der Waals surface area contributed by atoms with Gasteiger partial charge in [0, 0.05) is 6.04 Å². The quantitative estimate of drug-likeness (QED) is 0.856. The zero-order valence-electron chi connectivity index (χ0n) is 10.7.